The number of phenolic OH excluding ortho intramolecular Hbond substituents is 1. The summed E-state index contributed by atoms with van der Waals surface area (Å²) in [5.41, 5.74) is 0.452. The van der Waals surface area contributed by atoms with E-state index < -0.39 is 21.0 Å². The SMILES string of the molecule is O=C(O)c1cc(-c2ccccc2O)nc2cc(S(=O)(=O)O)ccc12. The molecule has 0 spiro atoms. The first kappa shape index (κ1) is 15.9. The van der Waals surface area contributed by atoms with Crippen molar-refractivity contribution < 1.29 is 28.0 Å². The van der Waals surface area contributed by atoms with Crippen molar-refractivity contribution in [3.05, 3.63) is 54.1 Å². The molecule has 0 aliphatic rings. The van der Waals surface area contributed by atoms with Crippen LogP contribution in [0.4, 0.5) is 0 Å². The van der Waals surface area contributed by atoms with Gasteiger partial charge in [0.25, 0.3) is 10.1 Å². The average Bonchev–Trinajstić information content (AvgIpc) is 2.52. The number of para-hydroxylation sites is 1. The summed E-state index contributed by atoms with van der Waals surface area (Å²) in [6, 6.07) is 11.0. The van der Waals surface area contributed by atoms with E-state index in [-0.39, 0.29) is 27.9 Å². The zero-order chi connectivity index (χ0) is 17.5. The number of rotatable bonds is 3. The molecular formula is C16H11NO6S. The zero-order valence-corrected chi connectivity index (χ0v) is 12.9. The first-order valence-corrected chi connectivity index (χ1v) is 8.15. The van der Waals surface area contributed by atoms with Crippen molar-refractivity contribution >= 4 is 27.0 Å². The summed E-state index contributed by atoms with van der Waals surface area (Å²) >= 11 is 0. The molecule has 0 saturated heterocycles. The maximum absolute atomic E-state index is 11.5. The number of fused-ring (bicyclic) bond motifs is 1. The Bertz CT molecular complexity index is 1080. The molecular weight excluding hydrogens is 334 g/mol. The van der Waals surface area contributed by atoms with Crippen LogP contribution < -0.4 is 0 Å². The summed E-state index contributed by atoms with van der Waals surface area (Å²) in [5, 5.41) is 19.5. The Morgan fingerprint density at radius 1 is 1.04 bits per heavy atom. The van der Waals surface area contributed by atoms with Gasteiger partial charge in [0.15, 0.2) is 0 Å². The molecule has 1 heterocycles. The van der Waals surface area contributed by atoms with Gasteiger partial charge in [-0.25, -0.2) is 9.78 Å². The van der Waals surface area contributed by atoms with Crippen LogP contribution in [0.2, 0.25) is 0 Å². The van der Waals surface area contributed by atoms with Gasteiger partial charge in [0.05, 0.1) is 21.7 Å². The van der Waals surface area contributed by atoms with E-state index in [0.29, 0.717) is 5.56 Å². The Hall–Kier alpha value is -2.97. The maximum Gasteiger partial charge on any atom is 0.336 e. The van der Waals surface area contributed by atoms with Crippen molar-refractivity contribution in [2.45, 2.75) is 4.90 Å². The first-order valence-electron chi connectivity index (χ1n) is 6.71. The molecule has 0 unspecified atom stereocenters. The fourth-order valence-electron chi connectivity index (χ4n) is 2.37. The van der Waals surface area contributed by atoms with E-state index in [2.05, 4.69) is 4.98 Å². The summed E-state index contributed by atoms with van der Waals surface area (Å²) < 4.78 is 31.7. The largest absolute Gasteiger partial charge is 0.507 e. The molecule has 1 aromatic heterocycles. The Labute approximate surface area is 136 Å². The average molecular weight is 345 g/mol. The van der Waals surface area contributed by atoms with Crippen molar-refractivity contribution in [3.63, 3.8) is 0 Å². The highest BCUT2D eigenvalue weighted by atomic mass is 32.2. The van der Waals surface area contributed by atoms with Crippen LogP contribution in [0, 0.1) is 0 Å². The van der Waals surface area contributed by atoms with E-state index in [1.165, 1.54) is 18.2 Å². The normalized spacial score (nSPS) is 11.5. The topological polar surface area (TPSA) is 125 Å². The first-order chi connectivity index (χ1) is 11.3. The molecule has 3 aromatic rings. The van der Waals surface area contributed by atoms with Gasteiger partial charge in [-0.15, -0.1) is 0 Å². The highest BCUT2D eigenvalue weighted by molar-refractivity contribution is 7.85. The Kier molecular flexibility index (Phi) is 3.70. The fourth-order valence-corrected chi connectivity index (χ4v) is 2.87. The number of pyridine rings is 1. The summed E-state index contributed by atoms with van der Waals surface area (Å²) in [4.78, 5) is 15.3. The smallest absolute Gasteiger partial charge is 0.336 e. The van der Waals surface area contributed by atoms with Crippen LogP contribution in [0.15, 0.2) is 53.4 Å². The third-order valence-electron chi connectivity index (χ3n) is 3.49. The minimum Gasteiger partial charge on any atom is -0.507 e. The number of aromatic nitrogens is 1. The number of carboxylic acids is 1. The van der Waals surface area contributed by atoms with Gasteiger partial charge in [-0.05, 0) is 30.3 Å². The van der Waals surface area contributed by atoms with E-state index >= 15 is 0 Å². The summed E-state index contributed by atoms with van der Waals surface area (Å²) in [6.45, 7) is 0. The third-order valence-corrected chi connectivity index (χ3v) is 4.34. The summed E-state index contributed by atoms with van der Waals surface area (Å²) in [6.07, 6.45) is 0. The van der Waals surface area contributed by atoms with Crippen LogP contribution in [0.1, 0.15) is 10.4 Å². The van der Waals surface area contributed by atoms with E-state index in [1.807, 2.05) is 0 Å². The van der Waals surface area contributed by atoms with Crippen LogP contribution in [-0.2, 0) is 10.1 Å². The molecule has 0 fully saturated rings. The lowest BCUT2D eigenvalue weighted by Crippen LogP contribution is -2.03. The maximum atomic E-state index is 11.5. The predicted octanol–water partition coefficient (Wildman–Crippen LogP) is 2.55. The van der Waals surface area contributed by atoms with Gasteiger partial charge in [0.1, 0.15) is 5.75 Å². The standard InChI is InChI=1S/C16H11NO6S/c18-15-4-2-1-3-11(15)14-8-12(16(19)20)10-6-5-9(24(21,22)23)7-13(10)17-14/h1-8,18H,(H,19,20)(H,21,22,23). The molecule has 0 bridgehead atoms. The van der Waals surface area contributed by atoms with E-state index in [1.54, 1.807) is 18.2 Å². The monoisotopic (exact) mass is 345 g/mol. The molecule has 3 N–H and O–H groups in total. The van der Waals surface area contributed by atoms with Gasteiger partial charge in [0.2, 0.25) is 0 Å². The number of carbonyl (C=O) groups is 1. The number of benzene rings is 2. The number of aromatic hydroxyl groups is 1. The minimum absolute atomic E-state index is 0.0725. The lowest BCUT2D eigenvalue weighted by Gasteiger charge is -2.09. The Morgan fingerprint density at radius 2 is 1.75 bits per heavy atom. The van der Waals surface area contributed by atoms with Crippen LogP contribution in [0.5, 0.6) is 5.75 Å². The molecule has 8 heteroatoms. The second-order valence-corrected chi connectivity index (χ2v) is 6.45. The van der Waals surface area contributed by atoms with Crippen molar-refractivity contribution in [1.82, 2.24) is 4.98 Å². The van der Waals surface area contributed by atoms with Gasteiger partial charge >= 0.3 is 5.97 Å². The third kappa shape index (κ3) is 2.80. The molecule has 0 radical (unpaired) electrons. The number of nitrogens with zero attached hydrogens (tertiary/aromatic N) is 1. The number of carboxylic acid groups (broad SMARTS) is 1. The Balaban J connectivity index is 2.37. The van der Waals surface area contributed by atoms with Gasteiger partial charge in [-0.3, -0.25) is 4.55 Å². The molecule has 0 aliphatic heterocycles. The van der Waals surface area contributed by atoms with Crippen LogP contribution in [0.3, 0.4) is 0 Å². The number of hydrogen-bond acceptors (Lipinski definition) is 5. The number of hydrogen-bond donors (Lipinski definition) is 3. The highest BCUT2D eigenvalue weighted by Crippen LogP contribution is 2.31. The molecule has 0 saturated carbocycles. The molecule has 3 rings (SSSR count). The van der Waals surface area contributed by atoms with Crippen LogP contribution >= 0.6 is 0 Å². The van der Waals surface area contributed by atoms with Crippen LogP contribution in [0.25, 0.3) is 22.2 Å². The van der Waals surface area contributed by atoms with Gasteiger partial charge < -0.3 is 10.2 Å². The highest BCUT2D eigenvalue weighted by Gasteiger charge is 2.17. The number of phenols is 1. The molecule has 7 nitrogen and oxygen atoms in total. The fraction of sp³-hybridized carbons (Fsp3) is 0. The van der Waals surface area contributed by atoms with Crippen molar-refractivity contribution in [2.24, 2.45) is 0 Å². The lowest BCUT2D eigenvalue weighted by molar-refractivity contribution is 0.0699. The Morgan fingerprint density at radius 3 is 2.38 bits per heavy atom. The zero-order valence-electron chi connectivity index (χ0n) is 12.0. The molecule has 122 valence electrons. The lowest BCUT2D eigenvalue weighted by atomic mass is 10.0. The van der Waals surface area contributed by atoms with E-state index in [0.717, 1.165) is 12.1 Å². The second kappa shape index (κ2) is 5.59. The van der Waals surface area contributed by atoms with Gasteiger partial charge in [-0.2, -0.15) is 8.42 Å². The van der Waals surface area contributed by atoms with Crippen molar-refractivity contribution in [1.29, 1.82) is 0 Å². The number of aromatic carboxylic acids is 1. The van der Waals surface area contributed by atoms with E-state index in [4.69, 9.17) is 4.55 Å². The van der Waals surface area contributed by atoms with Gasteiger partial charge in [0, 0.05) is 10.9 Å². The predicted molar refractivity (Wildman–Crippen MR) is 85.6 cm³/mol. The molecule has 0 aliphatic carbocycles. The quantitative estimate of drug-likeness (QED) is 0.623. The molecule has 0 amide bonds. The molecule has 0 atom stereocenters. The minimum atomic E-state index is -4.45. The van der Waals surface area contributed by atoms with Crippen molar-refractivity contribution in [2.75, 3.05) is 0 Å². The van der Waals surface area contributed by atoms with Crippen LogP contribution in [-0.4, -0.2) is 34.1 Å². The summed E-state index contributed by atoms with van der Waals surface area (Å²) in [7, 11) is -4.45. The van der Waals surface area contributed by atoms with E-state index in [9.17, 15) is 23.4 Å². The second-order valence-electron chi connectivity index (χ2n) is 5.03. The van der Waals surface area contributed by atoms with Gasteiger partial charge in [-0.1, -0.05) is 18.2 Å². The molecule has 2 aromatic carbocycles. The molecule has 24 heavy (non-hydrogen) atoms. The van der Waals surface area contributed by atoms with Crippen molar-refractivity contribution in [3.8, 4) is 17.0 Å². The summed E-state index contributed by atoms with van der Waals surface area (Å²) in [5.74, 6) is -1.31.